The lowest BCUT2D eigenvalue weighted by atomic mass is 9.94. The van der Waals surface area contributed by atoms with E-state index in [4.69, 9.17) is 4.74 Å². The largest absolute Gasteiger partial charge is 0.491 e. The molecule has 9 heteroatoms. The Morgan fingerprint density at radius 1 is 1.12 bits per heavy atom. The normalized spacial score (nSPS) is 22.9. The second-order valence-corrected chi connectivity index (χ2v) is 12.7. The number of ether oxygens (including phenoxy) is 1. The van der Waals surface area contributed by atoms with E-state index in [1.54, 1.807) is 4.90 Å². The molecule has 0 spiro atoms. The number of benzene rings is 2. The first-order chi connectivity index (χ1) is 19.3. The van der Waals surface area contributed by atoms with Crippen molar-refractivity contribution in [2.24, 2.45) is 17.8 Å². The summed E-state index contributed by atoms with van der Waals surface area (Å²) in [5, 5.41) is 8.88. The lowest BCUT2D eigenvalue weighted by molar-refractivity contribution is -0.137. The number of carbonyl (C=O) groups is 2. The van der Waals surface area contributed by atoms with Crippen LogP contribution in [0.3, 0.4) is 0 Å². The molecule has 3 aliphatic rings. The zero-order chi connectivity index (χ0) is 28.0. The van der Waals surface area contributed by atoms with Gasteiger partial charge in [-0.2, -0.15) is 0 Å². The first-order valence-electron chi connectivity index (χ1n) is 14.3. The van der Waals surface area contributed by atoms with Crippen LogP contribution >= 0.6 is 15.9 Å². The molecule has 1 aromatic heterocycles. The number of anilines is 1. The Morgan fingerprint density at radius 3 is 2.60 bits per heavy atom. The summed E-state index contributed by atoms with van der Waals surface area (Å²) in [5.41, 5.74) is 3.69. The summed E-state index contributed by atoms with van der Waals surface area (Å²) < 4.78 is 8.62. The number of nitrogens with zero attached hydrogens (tertiary/aromatic N) is 5. The maximum Gasteiger partial charge on any atom is 0.228 e. The molecule has 3 atom stereocenters. The Balaban J connectivity index is 1.17. The second-order valence-electron chi connectivity index (χ2n) is 11.7. The number of rotatable bonds is 8. The molecule has 1 saturated carbocycles. The third kappa shape index (κ3) is 5.53. The molecule has 3 unspecified atom stereocenters. The Kier molecular flexibility index (Phi) is 7.42. The standard InChI is InChI=1S/C31H36BrN5O3/c1-19(2)40-25-9-6-22(7-10-25)27-17-35(34-33-27)18-29-26(21-4-5-21)12-13-36(29)31(39)23-15-30(38)37(16-23)28-11-8-24(32)14-20(28)3/h6-11,14,17,19,21,23,26,29H,4-5,12-13,15-16,18H2,1-3H3. The highest BCUT2D eigenvalue weighted by Crippen LogP contribution is 2.45. The Hall–Kier alpha value is -3.20. The molecule has 8 nitrogen and oxygen atoms in total. The van der Waals surface area contributed by atoms with Crippen molar-refractivity contribution in [3.05, 3.63) is 58.7 Å². The number of carbonyl (C=O) groups excluding carboxylic acids is 2. The summed E-state index contributed by atoms with van der Waals surface area (Å²) in [6, 6.07) is 13.9. The monoisotopic (exact) mass is 605 g/mol. The first-order valence-corrected chi connectivity index (χ1v) is 15.1. The first kappa shape index (κ1) is 27.0. The molecule has 2 aliphatic heterocycles. The number of amides is 2. The minimum absolute atomic E-state index is 0.0176. The molecule has 2 amide bonds. The van der Waals surface area contributed by atoms with Crippen molar-refractivity contribution < 1.29 is 14.3 Å². The maximum absolute atomic E-state index is 13.9. The molecule has 2 aromatic carbocycles. The number of aryl methyl sites for hydroxylation is 1. The van der Waals surface area contributed by atoms with Gasteiger partial charge in [0.2, 0.25) is 11.8 Å². The molecule has 6 rings (SSSR count). The molecule has 0 bridgehead atoms. The molecule has 40 heavy (non-hydrogen) atoms. The van der Waals surface area contributed by atoms with Crippen LogP contribution in [0.15, 0.2) is 53.1 Å². The van der Waals surface area contributed by atoms with Crippen molar-refractivity contribution in [1.82, 2.24) is 19.9 Å². The van der Waals surface area contributed by atoms with Gasteiger partial charge in [0.15, 0.2) is 0 Å². The van der Waals surface area contributed by atoms with Crippen molar-refractivity contribution in [3.8, 4) is 17.0 Å². The third-order valence-corrected chi connectivity index (χ3v) is 8.96. The SMILES string of the molecule is Cc1cc(Br)ccc1N1CC(C(=O)N2CCC(C3CC3)C2Cn2cc(-c3ccc(OC(C)C)cc3)nn2)CC1=O. The van der Waals surface area contributed by atoms with E-state index in [9.17, 15) is 9.59 Å². The van der Waals surface area contributed by atoms with Gasteiger partial charge >= 0.3 is 0 Å². The van der Waals surface area contributed by atoms with Gasteiger partial charge in [0.1, 0.15) is 11.4 Å². The average molecular weight is 607 g/mol. The van der Waals surface area contributed by atoms with E-state index >= 15 is 0 Å². The fourth-order valence-electron chi connectivity index (χ4n) is 6.41. The van der Waals surface area contributed by atoms with Crippen molar-refractivity contribution >= 4 is 33.4 Å². The van der Waals surface area contributed by atoms with Gasteiger partial charge in [-0.25, -0.2) is 4.68 Å². The van der Waals surface area contributed by atoms with E-state index in [1.807, 2.05) is 74.1 Å². The zero-order valence-corrected chi connectivity index (χ0v) is 24.9. The lowest BCUT2D eigenvalue weighted by Crippen LogP contribution is -2.44. The van der Waals surface area contributed by atoms with Crippen LogP contribution in [0.2, 0.25) is 0 Å². The van der Waals surface area contributed by atoms with Crippen LogP contribution in [0.4, 0.5) is 5.69 Å². The van der Waals surface area contributed by atoms with Crippen LogP contribution in [0.5, 0.6) is 5.75 Å². The minimum atomic E-state index is -0.325. The molecule has 2 saturated heterocycles. The van der Waals surface area contributed by atoms with Gasteiger partial charge in [-0.3, -0.25) is 9.59 Å². The topological polar surface area (TPSA) is 80.6 Å². The van der Waals surface area contributed by atoms with Crippen LogP contribution in [0.1, 0.15) is 45.1 Å². The second kappa shape index (κ2) is 11.0. The van der Waals surface area contributed by atoms with E-state index in [2.05, 4.69) is 31.1 Å². The fourth-order valence-corrected chi connectivity index (χ4v) is 6.88. The molecule has 3 fully saturated rings. The average Bonchev–Trinajstić information content (AvgIpc) is 3.32. The maximum atomic E-state index is 13.9. The third-order valence-electron chi connectivity index (χ3n) is 8.47. The lowest BCUT2D eigenvalue weighted by Gasteiger charge is -2.30. The zero-order valence-electron chi connectivity index (χ0n) is 23.3. The highest BCUT2D eigenvalue weighted by atomic mass is 79.9. The fraction of sp³-hybridized carbons (Fsp3) is 0.484. The van der Waals surface area contributed by atoms with E-state index in [0.29, 0.717) is 24.9 Å². The summed E-state index contributed by atoms with van der Waals surface area (Å²) in [6.45, 7) is 7.81. The highest BCUT2D eigenvalue weighted by molar-refractivity contribution is 9.10. The summed E-state index contributed by atoms with van der Waals surface area (Å²) in [6.07, 6.45) is 5.83. The Bertz CT molecular complexity index is 1400. The van der Waals surface area contributed by atoms with E-state index in [1.165, 1.54) is 12.8 Å². The van der Waals surface area contributed by atoms with Crippen LogP contribution < -0.4 is 9.64 Å². The van der Waals surface area contributed by atoms with Crippen LogP contribution in [-0.2, 0) is 16.1 Å². The van der Waals surface area contributed by atoms with Crippen LogP contribution in [-0.4, -0.2) is 56.9 Å². The number of halogens is 1. The summed E-state index contributed by atoms with van der Waals surface area (Å²) >= 11 is 3.50. The molecule has 0 N–H and O–H groups in total. The molecule has 3 heterocycles. The predicted octanol–water partition coefficient (Wildman–Crippen LogP) is 5.48. The van der Waals surface area contributed by atoms with E-state index in [-0.39, 0.29) is 36.3 Å². The van der Waals surface area contributed by atoms with Crippen molar-refractivity contribution in [2.45, 2.75) is 65.1 Å². The molecule has 0 radical (unpaired) electrons. The smallest absolute Gasteiger partial charge is 0.228 e. The quantitative estimate of drug-likeness (QED) is 0.339. The number of hydrogen-bond donors (Lipinski definition) is 0. The molecular weight excluding hydrogens is 570 g/mol. The van der Waals surface area contributed by atoms with Gasteiger partial charge in [-0.05, 0) is 99.9 Å². The summed E-state index contributed by atoms with van der Waals surface area (Å²) in [4.78, 5) is 30.8. The summed E-state index contributed by atoms with van der Waals surface area (Å²) in [7, 11) is 0. The van der Waals surface area contributed by atoms with E-state index in [0.717, 1.165) is 45.7 Å². The van der Waals surface area contributed by atoms with Gasteiger partial charge in [0.05, 0.1) is 30.8 Å². The van der Waals surface area contributed by atoms with Gasteiger partial charge in [-0.1, -0.05) is 21.1 Å². The van der Waals surface area contributed by atoms with Gasteiger partial charge in [0.25, 0.3) is 0 Å². The van der Waals surface area contributed by atoms with Crippen molar-refractivity contribution in [2.75, 3.05) is 18.0 Å². The van der Waals surface area contributed by atoms with E-state index < -0.39 is 0 Å². The minimum Gasteiger partial charge on any atom is -0.491 e. The number of likely N-dealkylation sites (tertiary alicyclic amines) is 1. The number of hydrogen-bond acceptors (Lipinski definition) is 5. The summed E-state index contributed by atoms with van der Waals surface area (Å²) in [5.74, 6) is 1.76. The highest BCUT2D eigenvalue weighted by Gasteiger charge is 2.47. The Morgan fingerprint density at radius 2 is 1.90 bits per heavy atom. The molecular formula is C31H36BrN5O3. The van der Waals surface area contributed by atoms with Gasteiger partial charge in [-0.15, -0.1) is 5.10 Å². The van der Waals surface area contributed by atoms with Crippen LogP contribution in [0, 0.1) is 24.7 Å². The Labute approximate surface area is 243 Å². The van der Waals surface area contributed by atoms with Gasteiger partial charge < -0.3 is 14.5 Å². The van der Waals surface area contributed by atoms with Crippen molar-refractivity contribution in [3.63, 3.8) is 0 Å². The van der Waals surface area contributed by atoms with Crippen molar-refractivity contribution in [1.29, 1.82) is 0 Å². The van der Waals surface area contributed by atoms with Crippen LogP contribution in [0.25, 0.3) is 11.3 Å². The molecule has 1 aliphatic carbocycles. The molecule has 3 aromatic rings. The predicted molar refractivity (Wildman–Crippen MR) is 157 cm³/mol. The molecule has 210 valence electrons. The number of aromatic nitrogens is 3. The van der Waals surface area contributed by atoms with Gasteiger partial charge in [0, 0.05) is 35.2 Å².